The van der Waals surface area contributed by atoms with Crippen molar-refractivity contribution in [2.45, 2.75) is 0 Å². The van der Waals surface area contributed by atoms with Crippen LogP contribution in [0, 0.1) is 0 Å². The maximum atomic E-state index is 6.70. The van der Waals surface area contributed by atoms with Crippen molar-refractivity contribution in [3.05, 3.63) is 53.6 Å². The standard InChI is InChI=1S/C18H18B5Cl/c19-14-13(15(20)17(22)18(23)16(14)21)12-10(7-4-8-11(12)24)9-5-2-1-3-6-9/h1-8H,19-23H2. The molecular weight excluding hydrogens is 306 g/mol. The van der Waals surface area contributed by atoms with Crippen molar-refractivity contribution < 1.29 is 0 Å². The molecule has 0 aliphatic heterocycles. The molecule has 0 spiro atoms. The number of halogens is 1. The normalized spacial score (nSPS) is 10.7. The van der Waals surface area contributed by atoms with Crippen LogP contribution < -0.4 is 27.3 Å². The van der Waals surface area contributed by atoms with E-state index in [0.29, 0.717) is 0 Å². The molecule has 0 heterocycles. The molecule has 112 valence electrons. The van der Waals surface area contributed by atoms with Crippen LogP contribution in [0.4, 0.5) is 0 Å². The number of hydrogen-bond acceptors (Lipinski definition) is 0. The highest BCUT2D eigenvalue weighted by atomic mass is 35.5. The molecule has 0 nitrogen and oxygen atoms in total. The first kappa shape index (κ1) is 17.1. The highest BCUT2D eigenvalue weighted by Gasteiger charge is 2.18. The number of hydrogen-bond donors (Lipinski definition) is 0. The predicted molar refractivity (Wildman–Crippen MR) is 123 cm³/mol. The maximum absolute atomic E-state index is 6.70. The SMILES string of the molecule is Bc1c(B)c(B)c(-c2c(Cl)cccc2-c2ccccc2)c(B)c1B. The Labute approximate surface area is 154 Å². The minimum absolute atomic E-state index is 0.810. The molecular formula is C18H18B5Cl. The second-order valence-electron chi connectivity index (χ2n) is 6.53. The summed E-state index contributed by atoms with van der Waals surface area (Å²) in [5.74, 6) is 0. The van der Waals surface area contributed by atoms with E-state index in [1.54, 1.807) is 0 Å². The number of rotatable bonds is 2. The second kappa shape index (κ2) is 6.65. The summed E-state index contributed by atoms with van der Waals surface area (Å²) in [7, 11) is 11.0. The van der Waals surface area contributed by atoms with Crippen molar-refractivity contribution in [3.8, 4) is 22.3 Å². The number of benzene rings is 3. The van der Waals surface area contributed by atoms with Gasteiger partial charge in [0.15, 0.2) is 0 Å². The van der Waals surface area contributed by atoms with Gasteiger partial charge in [0.25, 0.3) is 0 Å². The summed E-state index contributed by atoms with van der Waals surface area (Å²) < 4.78 is 0. The molecule has 6 heteroatoms. The Morgan fingerprint density at radius 3 is 1.67 bits per heavy atom. The zero-order chi connectivity index (χ0) is 17.4. The van der Waals surface area contributed by atoms with E-state index in [1.165, 1.54) is 44.0 Å². The molecule has 0 N–H and O–H groups in total. The van der Waals surface area contributed by atoms with Gasteiger partial charge in [0.2, 0.25) is 0 Å². The fourth-order valence-corrected chi connectivity index (χ4v) is 3.78. The Morgan fingerprint density at radius 1 is 0.542 bits per heavy atom. The third kappa shape index (κ3) is 2.76. The van der Waals surface area contributed by atoms with E-state index < -0.39 is 0 Å². The molecule has 0 unspecified atom stereocenters. The predicted octanol–water partition coefficient (Wildman–Crippen LogP) is -3.03. The van der Waals surface area contributed by atoms with Crippen molar-refractivity contribution in [2.75, 3.05) is 0 Å². The lowest BCUT2D eigenvalue weighted by Gasteiger charge is -2.23. The summed E-state index contributed by atoms with van der Waals surface area (Å²) in [6.07, 6.45) is 0. The minimum atomic E-state index is 0.810. The van der Waals surface area contributed by atoms with Gasteiger partial charge in [0.1, 0.15) is 39.2 Å². The summed E-state index contributed by atoms with van der Waals surface area (Å²) >= 11 is 6.70. The van der Waals surface area contributed by atoms with Gasteiger partial charge in [0.05, 0.1) is 0 Å². The smallest absolute Gasteiger partial charge is 0.102 e. The van der Waals surface area contributed by atoms with E-state index in [4.69, 9.17) is 11.6 Å². The maximum Gasteiger partial charge on any atom is 0.139 e. The molecule has 0 saturated carbocycles. The largest absolute Gasteiger partial charge is 0.139 e. The van der Waals surface area contributed by atoms with Crippen LogP contribution in [0.5, 0.6) is 0 Å². The van der Waals surface area contributed by atoms with Crippen molar-refractivity contribution in [2.24, 2.45) is 0 Å². The molecule has 0 saturated heterocycles. The van der Waals surface area contributed by atoms with E-state index in [9.17, 15) is 0 Å². The average Bonchev–Trinajstić information content (AvgIpc) is 2.60. The molecule has 0 bridgehead atoms. The third-order valence-electron chi connectivity index (χ3n) is 5.35. The third-order valence-corrected chi connectivity index (χ3v) is 5.66. The van der Waals surface area contributed by atoms with Crippen LogP contribution in [-0.4, -0.2) is 39.2 Å². The second-order valence-corrected chi connectivity index (χ2v) is 6.94. The fourth-order valence-electron chi connectivity index (χ4n) is 3.51. The van der Waals surface area contributed by atoms with Crippen LogP contribution in [0.15, 0.2) is 48.5 Å². The first-order valence-corrected chi connectivity index (χ1v) is 8.72. The Morgan fingerprint density at radius 2 is 1.08 bits per heavy atom. The Kier molecular flexibility index (Phi) is 4.74. The van der Waals surface area contributed by atoms with Crippen molar-refractivity contribution in [1.29, 1.82) is 0 Å². The Hall–Kier alpha value is -1.73. The van der Waals surface area contributed by atoms with E-state index >= 15 is 0 Å². The summed E-state index contributed by atoms with van der Waals surface area (Å²) in [6.45, 7) is 0. The van der Waals surface area contributed by atoms with Crippen LogP contribution in [0.2, 0.25) is 5.02 Å². The van der Waals surface area contributed by atoms with Crippen molar-refractivity contribution in [3.63, 3.8) is 0 Å². The van der Waals surface area contributed by atoms with E-state index in [1.807, 2.05) is 18.2 Å². The lowest BCUT2D eigenvalue weighted by Crippen LogP contribution is -2.55. The van der Waals surface area contributed by atoms with E-state index in [2.05, 4.69) is 69.6 Å². The van der Waals surface area contributed by atoms with Gasteiger partial charge in [0, 0.05) is 10.6 Å². The molecule has 3 aromatic carbocycles. The van der Waals surface area contributed by atoms with Gasteiger partial charge < -0.3 is 0 Å². The highest BCUT2D eigenvalue weighted by molar-refractivity contribution is 6.69. The lowest BCUT2D eigenvalue weighted by molar-refractivity contribution is 1.61. The van der Waals surface area contributed by atoms with Crippen LogP contribution in [-0.2, 0) is 0 Å². The van der Waals surface area contributed by atoms with Gasteiger partial charge in [-0.25, -0.2) is 0 Å². The van der Waals surface area contributed by atoms with Gasteiger partial charge in [-0.1, -0.05) is 65.0 Å². The zero-order valence-electron chi connectivity index (χ0n) is 15.0. The first-order chi connectivity index (χ1) is 11.4. The quantitative estimate of drug-likeness (QED) is 0.440. The van der Waals surface area contributed by atoms with Crippen LogP contribution in [0.3, 0.4) is 0 Å². The van der Waals surface area contributed by atoms with Crippen LogP contribution in [0.25, 0.3) is 22.3 Å². The van der Waals surface area contributed by atoms with Crippen LogP contribution >= 0.6 is 11.6 Å². The van der Waals surface area contributed by atoms with Gasteiger partial charge in [-0.2, -0.15) is 0 Å². The lowest BCUT2D eigenvalue weighted by atomic mass is 9.59. The molecule has 3 rings (SSSR count). The van der Waals surface area contributed by atoms with Gasteiger partial charge in [-0.3, -0.25) is 0 Å². The summed E-state index contributed by atoms with van der Waals surface area (Å²) in [6, 6.07) is 16.7. The molecule has 0 aromatic heterocycles. The zero-order valence-corrected chi connectivity index (χ0v) is 15.8. The molecule has 3 aromatic rings. The molecule has 0 fully saturated rings. The van der Waals surface area contributed by atoms with Crippen LogP contribution in [0.1, 0.15) is 0 Å². The minimum Gasteiger partial charge on any atom is -0.102 e. The topological polar surface area (TPSA) is 0 Å². The molecule has 0 aliphatic carbocycles. The monoisotopic (exact) mass is 324 g/mol. The first-order valence-electron chi connectivity index (χ1n) is 8.34. The highest BCUT2D eigenvalue weighted by Crippen LogP contribution is 2.35. The summed E-state index contributed by atoms with van der Waals surface area (Å²) in [5.41, 5.74) is 11.5. The van der Waals surface area contributed by atoms with E-state index in [0.717, 1.165) is 10.6 Å². The summed E-state index contributed by atoms with van der Waals surface area (Å²) in [4.78, 5) is 0. The summed E-state index contributed by atoms with van der Waals surface area (Å²) in [5, 5.41) is 0.810. The van der Waals surface area contributed by atoms with Gasteiger partial charge >= 0.3 is 0 Å². The molecule has 0 atom stereocenters. The van der Waals surface area contributed by atoms with Gasteiger partial charge in [-0.05, 0) is 22.8 Å². The Bertz CT molecular complexity index is 893. The van der Waals surface area contributed by atoms with E-state index in [-0.39, 0.29) is 0 Å². The molecule has 24 heavy (non-hydrogen) atoms. The van der Waals surface area contributed by atoms with Gasteiger partial charge in [-0.15, -0.1) is 16.4 Å². The molecule has 0 radical (unpaired) electrons. The Balaban J connectivity index is 2.41. The van der Waals surface area contributed by atoms with Crippen molar-refractivity contribution in [1.82, 2.24) is 0 Å². The molecule has 0 aliphatic rings. The van der Waals surface area contributed by atoms with Crippen molar-refractivity contribution >= 4 is 78.1 Å². The molecule has 0 amide bonds. The average molecular weight is 324 g/mol. The fraction of sp³-hybridized carbons (Fsp3) is 0.